The lowest BCUT2D eigenvalue weighted by molar-refractivity contribution is 0.0895. The minimum atomic E-state index is -0.214. The van der Waals surface area contributed by atoms with E-state index in [1.807, 2.05) is 23.1 Å². The number of carbonyl (C=O) groups is 1. The average Bonchev–Trinajstić information content (AvgIpc) is 2.39. The standard InChI is InChI=1S/C13H17NO2/c1-16-13(15)14-10-6-5-9-12(14)11-7-3-2-4-8-11/h2-4,7-8,12H,5-6,9-10H2,1H3/t12-/m1/s1. The lowest BCUT2D eigenvalue weighted by Gasteiger charge is -2.34. The number of likely N-dealkylation sites (tertiary alicyclic amines) is 1. The minimum absolute atomic E-state index is 0.183. The van der Waals surface area contributed by atoms with E-state index < -0.39 is 0 Å². The highest BCUT2D eigenvalue weighted by Gasteiger charge is 2.28. The summed E-state index contributed by atoms with van der Waals surface area (Å²) < 4.78 is 4.83. The molecule has 3 nitrogen and oxygen atoms in total. The van der Waals surface area contributed by atoms with E-state index in [0.29, 0.717) is 0 Å². The van der Waals surface area contributed by atoms with Crippen molar-refractivity contribution < 1.29 is 9.53 Å². The van der Waals surface area contributed by atoms with Gasteiger partial charge in [-0.1, -0.05) is 30.3 Å². The quantitative estimate of drug-likeness (QED) is 0.726. The molecule has 0 spiro atoms. The van der Waals surface area contributed by atoms with Gasteiger partial charge in [0.2, 0.25) is 0 Å². The SMILES string of the molecule is COC(=O)N1CCCC[C@@H]1c1ccccc1. The highest BCUT2D eigenvalue weighted by atomic mass is 16.5. The zero-order valence-corrected chi connectivity index (χ0v) is 9.56. The fraction of sp³-hybridized carbons (Fsp3) is 0.462. The summed E-state index contributed by atoms with van der Waals surface area (Å²) in [7, 11) is 1.44. The van der Waals surface area contributed by atoms with Crippen molar-refractivity contribution in [2.45, 2.75) is 25.3 Å². The third-order valence-electron chi connectivity index (χ3n) is 3.10. The number of methoxy groups -OCH3 is 1. The minimum Gasteiger partial charge on any atom is -0.453 e. The fourth-order valence-corrected chi connectivity index (χ4v) is 2.29. The zero-order chi connectivity index (χ0) is 11.4. The number of nitrogens with zero attached hydrogens (tertiary/aromatic N) is 1. The largest absolute Gasteiger partial charge is 0.453 e. The van der Waals surface area contributed by atoms with Crippen molar-refractivity contribution in [3.05, 3.63) is 35.9 Å². The second-order valence-corrected chi connectivity index (χ2v) is 4.09. The first kappa shape index (κ1) is 11.0. The fourth-order valence-electron chi connectivity index (χ4n) is 2.29. The van der Waals surface area contributed by atoms with Crippen LogP contribution in [0.1, 0.15) is 30.9 Å². The van der Waals surface area contributed by atoms with Gasteiger partial charge in [-0.25, -0.2) is 4.79 Å². The number of rotatable bonds is 1. The molecule has 0 unspecified atom stereocenters. The number of ether oxygens (including phenoxy) is 1. The van der Waals surface area contributed by atoms with Crippen molar-refractivity contribution in [2.24, 2.45) is 0 Å². The molecule has 0 saturated carbocycles. The molecule has 1 aliphatic heterocycles. The van der Waals surface area contributed by atoms with Crippen LogP contribution in [0.3, 0.4) is 0 Å². The second-order valence-electron chi connectivity index (χ2n) is 4.09. The Kier molecular flexibility index (Phi) is 3.44. The number of benzene rings is 1. The molecule has 0 N–H and O–H groups in total. The third-order valence-corrected chi connectivity index (χ3v) is 3.10. The Hall–Kier alpha value is -1.51. The highest BCUT2D eigenvalue weighted by molar-refractivity contribution is 5.68. The third kappa shape index (κ3) is 2.18. The van der Waals surface area contributed by atoms with Gasteiger partial charge in [-0.15, -0.1) is 0 Å². The first-order valence-corrected chi connectivity index (χ1v) is 5.72. The van der Waals surface area contributed by atoms with Gasteiger partial charge >= 0.3 is 6.09 Å². The van der Waals surface area contributed by atoms with E-state index in [4.69, 9.17) is 4.74 Å². The summed E-state index contributed by atoms with van der Waals surface area (Å²) in [6, 6.07) is 10.4. The molecule has 1 aromatic rings. The molecule has 0 aliphatic carbocycles. The highest BCUT2D eigenvalue weighted by Crippen LogP contribution is 2.30. The van der Waals surface area contributed by atoms with E-state index in [1.54, 1.807) is 0 Å². The molecule has 1 heterocycles. The van der Waals surface area contributed by atoms with E-state index in [0.717, 1.165) is 19.4 Å². The molecule has 1 saturated heterocycles. The Morgan fingerprint density at radius 2 is 2.06 bits per heavy atom. The second kappa shape index (κ2) is 5.01. The molecule has 2 rings (SSSR count). The van der Waals surface area contributed by atoms with Gasteiger partial charge in [0.05, 0.1) is 13.2 Å². The van der Waals surface area contributed by atoms with Crippen molar-refractivity contribution >= 4 is 6.09 Å². The molecule has 16 heavy (non-hydrogen) atoms. The van der Waals surface area contributed by atoms with E-state index >= 15 is 0 Å². The number of amides is 1. The summed E-state index contributed by atoms with van der Waals surface area (Å²) >= 11 is 0. The number of piperidine rings is 1. The van der Waals surface area contributed by atoms with Crippen molar-refractivity contribution in [3.8, 4) is 0 Å². The number of carbonyl (C=O) groups excluding carboxylic acids is 1. The first-order chi connectivity index (χ1) is 7.83. The summed E-state index contributed by atoms with van der Waals surface area (Å²) in [4.78, 5) is 13.5. The Balaban J connectivity index is 2.20. The van der Waals surface area contributed by atoms with Crippen LogP contribution in [0, 0.1) is 0 Å². The van der Waals surface area contributed by atoms with Crippen LogP contribution in [-0.4, -0.2) is 24.6 Å². The molecular formula is C13H17NO2. The normalized spacial score (nSPS) is 20.6. The molecule has 1 atom stereocenters. The molecular weight excluding hydrogens is 202 g/mol. The van der Waals surface area contributed by atoms with E-state index in [9.17, 15) is 4.79 Å². The van der Waals surface area contributed by atoms with Crippen LogP contribution in [0.25, 0.3) is 0 Å². The maximum absolute atomic E-state index is 11.7. The Labute approximate surface area is 96.0 Å². The van der Waals surface area contributed by atoms with Crippen LogP contribution in [0.5, 0.6) is 0 Å². The zero-order valence-electron chi connectivity index (χ0n) is 9.56. The maximum Gasteiger partial charge on any atom is 0.409 e. The molecule has 1 amide bonds. The predicted octanol–water partition coefficient (Wildman–Crippen LogP) is 2.98. The van der Waals surface area contributed by atoms with Crippen molar-refractivity contribution in [2.75, 3.05) is 13.7 Å². The topological polar surface area (TPSA) is 29.5 Å². The summed E-state index contributed by atoms with van der Waals surface area (Å²) in [5, 5.41) is 0. The Morgan fingerprint density at radius 1 is 1.31 bits per heavy atom. The molecule has 1 aliphatic rings. The van der Waals surface area contributed by atoms with Gasteiger partial charge in [0.15, 0.2) is 0 Å². The molecule has 86 valence electrons. The van der Waals surface area contributed by atoms with Crippen molar-refractivity contribution in [1.82, 2.24) is 4.90 Å². The summed E-state index contributed by atoms with van der Waals surface area (Å²) in [6.45, 7) is 0.798. The molecule has 0 radical (unpaired) electrons. The van der Waals surface area contributed by atoms with Crippen LogP contribution >= 0.6 is 0 Å². The lowest BCUT2D eigenvalue weighted by atomic mass is 9.96. The molecule has 1 fully saturated rings. The van der Waals surface area contributed by atoms with E-state index in [-0.39, 0.29) is 12.1 Å². The smallest absolute Gasteiger partial charge is 0.409 e. The molecule has 1 aromatic carbocycles. The summed E-state index contributed by atoms with van der Waals surface area (Å²) in [5.41, 5.74) is 1.20. The number of hydrogen-bond donors (Lipinski definition) is 0. The van der Waals surface area contributed by atoms with Crippen LogP contribution in [0.15, 0.2) is 30.3 Å². The van der Waals surface area contributed by atoms with Gasteiger partial charge in [-0.05, 0) is 24.8 Å². The molecule has 0 bridgehead atoms. The lowest BCUT2D eigenvalue weighted by Crippen LogP contribution is -2.38. The molecule has 3 heteroatoms. The van der Waals surface area contributed by atoms with Gasteiger partial charge in [0.1, 0.15) is 0 Å². The maximum atomic E-state index is 11.7. The van der Waals surface area contributed by atoms with Crippen LogP contribution < -0.4 is 0 Å². The summed E-state index contributed by atoms with van der Waals surface area (Å²) in [6.07, 6.45) is 3.05. The monoisotopic (exact) mass is 219 g/mol. The number of hydrogen-bond acceptors (Lipinski definition) is 2. The summed E-state index contributed by atoms with van der Waals surface area (Å²) in [5.74, 6) is 0. The Morgan fingerprint density at radius 3 is 2.75 bits per heavy atom. The average molecular weight is 219 g/mol. The van der Waals surface area contributed by atoms with Crippen LogP contribution in [0.4, 0.5) is 4.79 Å². The Bertz CT molecular complexity index is 350. The van der Waals surface area contributed by atoms with E-state index in [1.165, 1.54) is 19.1 Å². The predicted molar refractivity (Wildman–Crippen MR) is 62.1 cm³/mol. The van der Waals surface area contributed by atoms with Crippen molar-refractivity contribution in [3.63, 3.8) is 0 Å². The van der Waals surface area contributed by atoms with Crippen LogP contribution in [-0.2, 0) is 4.74 Å². The molecule has 0 aromatic heterocycles. The van der Waals surface area contributed by atoms with Gasteiger partial charge in [-0.3, -0.25) is 0 Å². The van der Waals surface area contributed by atoms with Gasteiger partial charge in [0.25, 0.3) is 0 Å². The first-order valence-electron chi connectivity index (χ1n) is 5.72. The van der Waals surface area contributed by atoms with Gasteiger partial charge in [-0.2, -0.15) is 0 Å². The van der Waals surface area contributed by atoms with E-state index in [2.05, 4.69) is 12.1 Å². The van der Waals surface area contributed by atoms with Gasteiger partial charge < -0.3 is 9.64 Å². The van der Waals surface area contributed by atoms with Gasteiger partial charge in [0, 0.05) is 6.54 Å². The van der Waals surface area contributed by atoms with Crippen molar-refractivity contribution in [1.29, 1.82) is 0 Å². The van der Waals surface area contributed by atoms with Crippen LogP contribution in [0.2, 0.25) is 0 Å².